The van der Waals surface area contributed by atoms with Gasteiger partial charge in [0.15, 0.2) is 0 Å². The molecule has 1 fully saturated rings. The Labute approximate surface area is 169 Å². The second kappa shape index (κ2) is 7.73. The van der Waals surface area contributed by atoms with Crippen LogP contribution in [0.3, 0.4) is 0 Å². The number of ether oxygens (including phenoxy) is 1. The molecular weight excluding hydrogens is 376 g/mol. The summed E-state index contributed by atoms with van der Waals surface area (Å²) in [4.78, 5) is 39.0. The Balaban J connectivity index is 2.18. The van der Waals surface area contributed by atoms with E-state index in [2.05, 4.69) is 5.32 Å². The summed E-state index contributed by atoms with van der Waals surface area (Å²) in [6.07, 6.45) is 1.14. The summed E-state index contributed by atoms with van der Waals surface area (Å²) in [5, 5.41) is 14.1. The number of nitrogens with one attached hydrogen (secondary N) is 1. The SMILES string of the molecule is CCNC(=O)N(C)CC1=C(N2CCCC2=O)c2cc([N+](=O)[O-])ccc2OC1(C)C. The molecule has 2 heterocycles. The highest BCUT2D eigenvalue weighted by Crippen LogP contribution is 2.45. The van der Waals surface area contributed by atoms with Crippen LogP contribution < -0.4 is 10.1 Å². The molecule has 1 saturated heterocycles. The third-order valence-electron chi connectivity index (χ3n) is 5.22. The van der Waals surface area contributed by atoms with Crippen LogP contribution in [-0.2, 0) is 4.79 Å². The number of benzene rings is 1. The summed E-state index contributed by atoms with van der Waals surface area (Å²) in [5.41, 5.74) is 0.969. The third kappa shape index (κ3) is 3.90. The number of hydrogen-bond acceptors (Lipinski definition) is 5. The fourth-order valence-electron chi connectivity index (χ4n) is 3.74. The topological polar surface area (TPSA) is 105 Å². The molecule has 0 bridgehead atoms. The molecule has 29 heavy (non-hydrogen) atoms. The minimum atomic E-state index is -0.803. The van der Waals surface area contributed by atoms with Crippen molar-refractivity contribution >= 4 is 23.3 Å². The van der Waals surface area contributed by atoms with E-state index in [0.717, 1.165) is 5.57 Å². The molecule has 9 nitrogen and oxygen atoms in total. The second-order valence-electron chi connectivity index (χ2n) is 7.72. The number of likely N-dealkylation sites (tertiary alicyclic amines) is 1. The van der Waals surface area contributed by atoms with Gasteiger partial charge < -0.3 is 19.9 Å². The maximum absolute atomic E-state index is 12.6. The standard InChI is InChI=1S/C20H26N4O5/c1-5-21-19(26)22(4)12-15-18(23-10-6-7-17(23)25)14-11-13(24(27)28)8-9-16(14)29-20(15,2)3/h8-9,11H,5-7,10,12H2,1-4H3,(H,21,26). The lowest BCUT2D eigenvalue weighted by Gasteiger charge is -2.40. The molecule has 1 N–H and O–H groups in total. The number of nitrogens with zero attached hydrogens (tertiary/aromatic N) is 3. The molecule has 0 aromatic heterocycles. The van der Waals surface area contributed by atoms with Crippen LogP contribution in [0.2, 0.25) is 0 Å². The van der Waals surface area contributed by atoms with E-state index in [9.17, 15) is 19.7 Å². The predicted molar refractivity (Wildman–Crippen MR) is 107 cm³/mol. The van der Waals surface area contributed by atoms with Gasteiger partial charge in [0.05, 0.1) is 10.6 Å². The molecule has 1 aromatic rings. The molecule has 1 aromatic carbocycles. The predicted octanol–water partition coefficient (Wildman–Crippen LogP) is 2.76. The Kier molecular flexibility index (Phi) is 5.50. The average molecular weight is 402 g/mol. The Morgan fingerprint density at radius 1 is 1.41 bits per heavy atom. The van der Waals surface area contributed by atoms with E-state index in [-0.39, 0.29) is 24.2 Å². The number of nitro benzene ring substituents is 1. The van der Waals surface area contributed by atoms with Crippen molar-refractivity contribution in [3.05, 3.63) is 39.4 Å². The van der Waals surface area contributed by atoms with Crippen molar-refractivity contribution in [2.45, 2.75) is 39.2 Å². The van der Waals surface area contributed by atoms with Crippen molar-refractivity contribution in [2.75, 3.05) is 26.7 Å². The van der Waals surface area contributed by atoms with Crippen molar-refractivity contribution in [1.82, 2.24) is 15.1 Å². The minimum Gasteiger partial charge on any atom is -0.483 e. The summed E-state index contributed by atoms with van der Waals surface area (Å²) in [7, 11) is 1.67. The summed E-state index contributed by atoms with van der Waals surface area (Å²) >= 11 is 0. The molecule has 0 unspecified atom stereocenters. The third-order valence-corrected chi connectivity index (χ3v) is 5.22. The number of non-ortho nitro benzene ring substituents is 1. The maximum atomic E-state index is 12.6. The van der Waals surface area contributed by atoms with Crippen molar-refractivity contribution < 1.29 is 19.2 Å². The number of likely N-dealkylation sites (N-methyl/N-ethyl adjacent to an activating group) is 1. The fourth-order valence-corrected chi connectivity index (χ4v) is 3.74. The first kappa shape index (κ1) is 20.6. The van der Waals surface area contributed by atoms with E-state index in [1.807, 2.05) is 20.8 Å². The molecule has 156 valence electrons. The number of fused-ring (bicyclic) bond motifs is 1. The second-order valence-corrected chi connectivity index (χ2v) is 7.72. The van der Waals surface area contributed by atoms with E-state index in [4.69, 9.17) is 4.74 Å². The van der Waals surface area contributed by atoms with Gasteiger partial charge in [0.1, 0.15) is 11.4 Å². The number of rotatable bonds is 5. The molecule has 0 spiro atoms. The molecule has 2 aliphatic heterocycles. The number of carbonyl (C=O) groups excluding carboxylic acids is 2. The van der Waals surface area contributed by atoms with Crippen LogP contribution >= 0.6 is 0 Å². The summed E-state index contributed by atoms with van der Waals surface area (Å²) in [6.45, 7) is 6.83. The first-order chi connectivity index (χ1) is 13.7. The van der Waals surface area contributed by atoms with Crippen LogP contribution in [0, 0.1) is 10.1 Å². The minimum absolute atomic E-state index is 0.0340. The number of amides is 3. The molecule has 0 radical (unpaired) electrons. The van der Waals surface area contributed by atoms with Gasteiger partial charge in [-0.25, -0.2) is 4.79 Å². The van der Waals surface area contributed by atoms with E-state index in [1.54, 1.807) is 18.0 Å². The van der Waals surface area contributed by atoms with Crippen molar-refractivity contribution in [1.29, 1.82) is 0 Å². The van der Waals surface area contributed by atoms with Gasteiger partial charge in [-0.05, 0) is 33.3 Å². The van der Waals surface area contributed by atoms with Crippen LogP contribution in [-0.4, -0.2) is 58.9 Å². The Morgan fingerprint density at radius 2 is 2.14 bits per heavy atom. The van der Waals surface area contributed by atoms with Gasteiger partial charge in [0.2, 0.25) is 5.91 Å². The van der Waals surface area contributed by atoms with Crippen molar-refractivity contribution in [3.8, 4) is 5.75 Å². The van der Waals surface area contributed by atoms with E-state index >= 15 is 0 Å². The fraction of sp³-hybridized carbons (Fsp3) is 0.500. The highest BCUT2D eigenvalue weighted by Gasteiger charge is 2.41. The first-order valence-electron chi connectivity index (χ1n) is 9.66. The summed E-state index contributed by atoms with van der Waals surface area (Å²) in [6, 6.07) is 4.16. The van der Waals surface area contributed by atoms with Crippen molar-refractivity contribution in [3.63, 3.8) is 0 Å². The molecule has 3 amide bonds. The van der Waals surface area contributed by atoms with E-state index in [0.29, 0.717) is 42.9 Å². The Morgan fingerprint density at radius 3 is 2.72 bits per heavy atom. The van der Waals surface area contributed by atoms with Crippen LogP contribution in [0.25, 0.3) is 5.70 Å². The molecular formula is C20H26N4O5. The monoisotopic (exact) mass is 402 g/mol. The molecule has 0 atom stereocenters. The molecule has 9 heteroatoms. The number of carbonyl (C=O) groups is 2. The van der Waals surface area contributed by atoms with Crippen LogP contribution in [0.1, 0.15) is 39.2 Å². The molecule has 2 aliphatic rings. The summed E-state index contributed by atoms with van der Waals surface area (Å²) < 4.78 is 6.16. The molecule has 3 rings (SSSR count). The smallest absolute Gasteiger partial charge is 0.317 e. The van der Waals surface area contributed by atoms with Crippen LogP contribution in [0.15, 0.2) is 23.8 Å². The highest BCUT2D eigenvalue weighted by molar-refractivity contribution is 5.92. The lowest BCUT2D eigenvalue weighted by molar-refractivity contribution is -0.384. The van der Waals surface area contributed by atoms with Gasteiger partial charge in [-0.3, -0.25) is 14.9 Å². The number of hydrogen-bond donors (Lipinski definition) is 1. The van der Waals surface area contributed by atoms with Gasteiger partial charge in [-0.1, -0.05) is 0 Å². The van der Waals surface area contributed by atoms with E-state index in [1.165, 1.54) is 17.0 Å². The summed E-state index contributed by atoms with van der Waals surface area (Å²) in [5.74, 6) is 0.452. The van der Waals surface area contributed by atoms with Crippen molar-refractivity contribution in [2.24, 2.45) is 0 Å². The lowest BCUT2D eigenvalue weighted by atomic mass is 9.88. The zero-order valence-electron chi connectivity index (χ0n) is 17.2. The molecule has 0 aliphatic carbocycles. The van der Waals surface area contributed by atoms with Gasteiger partial charge >= 0.3 is 6.03 Å². The average Bonchev–Trinajstić information content (AvgIpc) is 3.07. The maximum Gasteiger partial charge on any atom is 0.317 e. The van der Waals surface area contributed by atoms with E-state index < -0.39 is 10.5 Å². The lowest BCUT2D eigenvalue weighted by Crippen LogP contribution is -2.46. The normalized spacial score (nSPS) is 17.7. The Bertz CT molecular complexity index is 893. The quantitative estimate of drug-likeness (QED) is 0.602. The van der Waals surface area contributed by atoms with Gasteiger partial charge in [-0.2, -0.15) is 0 Å². The van der Waals surface area contributed by atoms with Gasteiger partial charge in [0, 0.05) is 56.4 Å². The van der Waals surface area contributed by atoms with Crippen LogP contribution in [0.5, 0.6) is 5.75 Å². The zero-order chi connectivity index (χ0) is 21.3. The zero-order valence-corrected chi connectivity index (χ0v) is 17.2. The van der Waals surface area contributed by atoms with Crippen LogP contribution in [0.4, 0.5) is 10.5 Å². The van der Waals surface area contributed by atoms with Gasteiger partial charge in [0.25, 0.3) is 5.69 Å². The number of nitro groups is 1. The van der Waals surface area contributed by atoms with Gasteiger partial charge in [-0.15, -0.1) is 0 Å². The largest absolute Gasteiger partial charge is 0.483 e. The molecule has 0 saturated carbocycles. The Hall–Kier alpha value is -3.10. The first-order valence-corrected chi connectivity index (χ1v) is 9.66. The number of urea groups is 1. The highest BCUT2D eigenvalue weighted by atomic mass is 16.6.